The molecule has 0 atom stereocenters. The molecule has 2 aliphatic rings. The molecule has 1 aliphatic heterocycles. The standard InChI is InChI=1S/C12H23NO/c1-11(2)10-14-13-8-6-12(7-9-13)4-3-5-12/h11H,3-10H2,1-2H3. The smallest absolute Gasteiger partial charge is 0.0708 e. The fourth-order valence-electron chi connectivity index (χ4n) is 2.52. The molecule has 1 saturated carbocycles. The van der Waals surface area contributed by atoms with Gasteiger partial charge in [0.1, 0.15) is 0 Å². The average molecular weight is 197 g/mol. The summed E-state index contributed by atoms with van der Waals surface area (Å²) in [4.78, 5) is 5.74. The van der Waals surface area contributed by atoms with E-state index in [-0.39, 0.29) is 0 Å². The average Bonchev–Trinajstić information content (AvgIpc) is 2.13. The molecule has 14 heavy (non-hydrogen) atoms. The maximum Gasteiger partial charge on any atom is 0.0708 e. The predicted molar refractivity (Wildman–Crippen MR) is 57.9 cm³/mol. The molecule has 0 unspecified atom stereocenters. The second kappa shape index (κ2) is 4.19. The molecular weight excluding hydrogens is 174 g/mol. The summed E-state index contributed by atoms with van der Waals surface area (Å²) in [6, 6.07) is 0. The van der Waals surface area contributed by atoms with Crippen molar-refractivity contribution >= 4 is 0 Å². The molecule has 0 amide bonds. The fourth-order valence-corrected chi connectivity index (χ4v) is 2.52. The molecular formula is C12H23NO. The molecule has 82 valence electrons. The van der Waals surface area contributed by atoms with Crippen LogP contribution in [0, 0.1) is 11.3 Å². The third kappa shape index (κ3) is 2.29. The van der Waals surface area contributed by atoms with Crippen LogP contribution in [0.15, 0.2) is 0 Å². The Morgan fingerprint density at radius 1 is 1.14 bits per heavy atom. The van der Waals surface area contributed by atoms with Crippen LogP contribution in [0.2, 0.25) is 0 Å². The Balaban J connectivity index is 1.68. The van der Waals surface area contributed by atoms with E-state index in [1.165, 1.54) is 32.1 Å². The molecule has 2 fully saturated rings. The third-order valence-corrected chi connectivity index (χ3v) is 3.79. The fraction of sp³-hybridized carbons (Fsp3) is 1.00. The van der Waals surface area contributed by atoms with E-state index in [0.29, 0.717) is 5.92 Å². The van der Waals surface area contributed by atoms with Gasteiger partial charge in [-0.3, -0.25) is 4.84 Å². The lowest BCUT2D eigenvalue weighted by molar-refractivity contribution is -0.196. The highest BCUT2D eigenvalue weighted by Gasteiger charge is 2.39. The Morgan fingerprint density at radius 2 is 1.79 bits per heavy atom. The molecule has 0 N–H and O–H groups in total. The van der Waals surface area contributed by atoms with Crippen molar-refractivity contribution in [3.63, 3.8) is 0 Å². The van der Waals surface area contributed by atoms with Crippen LogP contribution in [0.5, 0.6) is 0 Å². The monoisotopic (exact) mass is 197 g/mol. The Kier molecular flexibility index (Phi) is 3.13. The number of hydroxylamine groups is 2. The lowest BCUT2D eigenvalue weighted by Crippen LogP contribution is -2.43. The number of piperidine rings is 1. The van der Waals surface area contributed by atoms with Gasteiger partial charge in [0.25, 0.3) is 0 Å². The highest BCUT2D eigenvalue weighted by atomic mass is 16.7. The molecule has 0 aromatic heterocycles. The van der Waals surface area contributed by atoms with Crippen LogP contribution in [0.25, 0.3) is 0 Å². The summed E-state index contributed by atoms with van der Waals surface area (Å²) in [7, 11) is 0. The Morgan fingerprint density at radius 3 is 2.21 bits per heavy atom. The first kappa shape index (κ1) is 10.4. The summed E-state index contributed by atoms with van der Waals surface area (Å²) in [6.45, 7) is 7.61. The topological polar surface area (TPSA) is 12.5 Å². The van der Waals surface area contributed by atoms with E-state index in [4.69, 9.17) is 4.84 Å². The van der Waals surface area contributed by atoms with E-state index in [1.54, 1.807) is 0 Å². The second-order valence-electron chi connectivity index (χ2n) is 5.47. The zero-order chi connectivity index (χ0) is 10.0. The first-order valence-electron chi connectivity index (χ1n) is 6.08. The van der Waals surface area contributed by atoms with Gasteiger partial charge in [0.2, 0.25) is 0 Å². The molecule has 1 saturated heterocycles. The van der Waals surface area contributed by atoms with Crippen LogP contribution in [-0.2, 0) is 4.84 Å². The largest absolute Gasteiger partial charge is 0.299 e. The first-order chi connectivity index (χ1) is 6.70. The van der Waals surface area contributed by atoms with Gasteiger partial charge in [-0.2, -0.15) is 5.06 Å². The summed E-state index contributed by atoms with van der Waals surface area (Å²) in [6.07, 6.45) is 7.15. The molecule has 0 aromatic rings. The zero-order valence-electron chi connectivity index (χ0n) is 9.59. The lowest BCUT2D eigenvalue weighted by Gasteiger charge is -2.47. The Labute approximate surface area is 87.6 Å². The number of hydrogen-bond acceptors (Lipinski definition) is 2. The van der Waals surface area contributed by atoms with Crippen molar-refractivity contribution in [2.75, 3.05) is 19.7 Å². The first-order valence-corrected chi connectivity index (χ1v) is 6.08. The third-order valence-electron chi connectivity index (χ3n) is 3.79. The van der Waals surface area contributed by atoms with Crippen molar-refractivity contribution in [2.24, 2.45) is 11.3 Å². The number of rotatable bonds is 3. The lowest BCUT2D eigenvalue weighted by atomic mass is 9.63. The molecule has 1 heterocycles. The minimum atomic E-state index is 0.648. The molecule has 2 rings (SSSR count). The van der Waals surface area contributed by atoms with Gasteiger partial charge in [0, 0.05) is 13.1 Å². The minimum Gasteiger partial charge on any atom is -0.299 e. The summed E-state index contributed by atoms with van der Waals surface area (Å²) in [5.74, 6) is 0.648. The maximum atomic E-state index is 5.74. The van der Waals surface area contributed by atoms with E-state index < -0.39 is 0 Å². The SMILES string of the molecule is CC(C)CON1CCC2(CCC2)CC1. The van der Waals surface area contributed by atoms with Crippen LogP contribution in [0.3, 0.4) is 0 Å². The van der Waals surface area contributed by atoms with Gasteiger partial charge < -0.3 is 0 Å². The van der Waals surface area contributed by atoms with Crippen LogP contribution in [0.1, 0.15) is 46.0 Å². The molecule has 2 heteroatoms. The van der Waals surface area contributed by atoms with Crippen LogP contribution in [0.4, 0.5) is 0 Å². The van der Waals surface area contributed by atoms with Crippen molar-refractivity contribution in [1.29, 1.82) is 0 Å². The van der Waals surface area contributed by atoms with Gasteiger partial charge in [0.15, 0.2) is 0 Å². The second-order valence-corrected chi connectivity index (χ2v) is 5.47. The van der Waals surface area contributed by atoms with Crippen molar-refractivity contribution in [3.05, 3.63) is 0 Å². The van der Waals surface area contributed by atoms with Gasteiger partial charge >= 0.3 is 0 Å². The number of nitrogens with zero attached hydrogens (tertiary/aromatic N) is 1. The summed E-state index contributed by atoms with van der Waals surface area (Å²) in [5, 5.41) is 2.18. The molecule has 0 aromatic carbocycles. The van der Waals surface area contributed by atoms with Crippen molar-refractivity contribution < 1.29 is 4.84 Å². The van der Waals surface area contributed by atoms with Gasteiger partial charge in [-0.1, -0.05) is 20.3 Å². The summed E-state index contributed by atoms with van der Waals surface area (Å²) in [5.41, 5.74) is 0.748. The van der Waals surface area contributed by atoms with Crippen molar-refractivity contribution in [3.8, 4) is 0 Å². The van der Waals surface area contributed by atoms with Crippen molar-refractivity contribution in [1.82, 2.24) is 5.06 Å². The van der Waals surface area contributed by atoms with Crippen LogP contribution in [-0.4, -0.2) is 24.8 Å². The highest BCUT2D eigenvalue weighted by molar-refractivity contribution is 4.90. The van der Waals surface area contributed by atoms with E-state index in [9.17, 15) is 0 Å². The van der Waals surface area contributed by atoms with E-state index in [2.05, 4.69) is 18.9 Å². The maximum absolute atomic E-state index is 5.74. The minimum absolute atomic E-state index is 0.648. The van der Waals surface area contributed by atoms with E-state index in [0.717, 1.165) is 25.1 Å². The molecule has 1 spiro atoms. The Hall–Kier alpha value is -0.0800. The van der Waals surface area contributed by atoms with Crippen LogP contribution < -0.4 is 0 Å². The Bertz CT molecular complexity index is 177. The summed E-state index contributed by atoms with van der Waals surface area (Å²) < 4.78 is 0. The van der Waals surface area contributed by atoms with E-state index >= 15 is 0 Å². The molecule has 0 bridgehead atoms. The van der Waals surface area contributed by atoms with Crippen LogP contribution >= 0.6 is 0 Å². The summed E-state index contributed by atoms with van der Waals surface area (Å²) >= 11 is 0. The van der Waals surface area contributed by atoms with Gasteiger partial charge in [0.05, 0.1) is 6.61 Å². The quantitative estimate of drug-likeness (QED) is 0.690. The highest BCUT2D eigenvalue weighted by Crippen LogP contribution is 2.48. The molecule has 2 nitrogen and oxygen atoms in total. The molecule has 0 radical (unpaired) electrons. The zero-order valence-corrected chi connectivity index (χ0v) is 9.59. The molecule has 1 aliphatic carbocycles. The van der Waals surface area contributed by atoms with E-state index in [1.807, 2.05) is 0 Å². The van der Waals surface area contributed by atoms with Crippen molar-refractivity contribution in [2.45, 2.75) is 46.0 Å². The normalized spacial score (nSPS) is 26.8. The van der Waals surface area contributed by atoms with Gasteiger partial charge in [-0.05, 0) is 37.0 Å². The van der Waals surface area contributed by atoms with Gasteiger partial charge in [-0.15, -0.1) is 0 Å². The predicted octanol–water partition coefficient (Wildman–Crippen LogP) is 2.84. The van der Waals surface area contributed by atoms with Gasteiger partial charge in [-0.25, -0.2) is 0 Å². The number of hydrogen-bond donors (Lipinski definition) is 0.